The Balaban J connectivity index is 4.21. The summed E-state index contributed by atoms with van der Waals surface area (Å²) in [6.45, 7) is 4.79. The minimum atomic E-state index is -4.16. The molecule has 59 valence electrons. The van der Waals surface area contributed by atoms with Crippen molar-refractivity contribution in [1.29, 1.82) is 0 Å². The number of hydrogen-bond acceptors (Lipinski definition) is 0. The van der Waals surface area contributed by atoms with Crippen LogP contribution in [0, 0.1) is 6.92 Å². The lowest BCUT2D eigenvalue weighted by atomic mass is 10.1. The molecule has 0 rings (SSSR count). The van der Waals surface area contributed by atoms with Gasteiger partial charge in [0.05, 0.1) is 0 Å². The summed E-state index contributed by atoms with van der Waals surface area (Å²) in [5, 5.41) is 0. The van der Waals surface area contributed by atoms with E-state index in [0.717, 1.165) is 6.08 Å². The molecule has 0 amide bonds. The summed E-state index contributed by atoms with van der Waals surface area (Å²) >= 11 is 0. The van der Waals surface area contributed by atoms with E-state index in [0.29, 0.717) is 0 Å². The Hall–Kier alpha value is -0.470. The third-order valence-electron chi connectivity index (χ3n) is 1.14. The Bertz CT molecular complexity index is 121. The molecule has 0 aliphatic carbocycles. The van der Waals surface area contributed by atoms with Crippen molar-refractivity contribution in [2.24, 2.45) is 0 Å². The second-order valence-corrected chi connectivity index (χ2v) is 1.87. The zero-order valence-corrected chi connectivity index (χ0v) is 5.83. The van der Waals surface area contributed by atoms with Crippen molar-refractivity contribution in [3.05, 3.63) is 18.6 Å². The number of alkyl halides is 3. The molecular formula is C7H10F3. The van der Waals surface area contributed by atoms with Gasteiger partial charge >= 0.3 is 6.18 Å². The zero-order valence-electron chi connectivity index (χ0n) is 5.83. The van der Waals surface area contributed by atoms with E-state index in [4.69, 9.17) is 0 Å². The number of hydrogen-bond donors (Lipinski definition) is 0. The summed E-state index contributed by atoms with van der Waals surface area (Å²) in [6, 6.07) is 0. The molecule has 0 unspecified atom stereocenters. The number of halogens is 3. The summed E-state index contributed by atoms with van der Waals surface area (Å²) in [6.07, 6.45) is -2.83. The van der Waals surface area contributed by atoms with Crippen molar-refractivity contribution in [1.82, 2.24) is 0 Å². The highest BCUT2D eigenvalue weighted by Gasteiger charge is 2.31. The van der Waals surface area contributed by atoms with Crippen LogP contribution in [-0.4, -0.2) is 6.18 Å². The van der Waals surface area contributed by atoms with E-state index in [1.54, 1.807) is 0 Å². The molecule has 10 heavy (non-hydrogen) atoms. The molecule has 0 aromatic rings. The van der Waals surface area contributed by atoms with Crippen LogP contribution in [0.15, 0.2) is 11.6 Å². The predicted molar refractivity (Wildman–Crippen MR) is 34.4 cm³/mol. The Morgan fingerprint density at radius 3 is 2.10 bits per heavy atom. The van der Waals surface area contributed by atoms with Gasteiger partial charge < -0.3 is 0 Å². The topological polar surface area (TPSA) is 0 Å². The van der Waals surface area contributed by atoms with Crippen molar-refractivity contribution in [3.8, 4) is 0 Å². The average Bonchev–Trinajstić information content (AvgIpc) is 1.80. The fourth-order valence-electron chi connectivity index (χ4n) is 0.635. The molecule has 0 aromatic carbocycles. The van der Waals surface area contributed by atoms with Gasteiger partial charge in [-0.1, -0.05) is 13.0 Å². The highest BCUT2D eigenvalue weighted by Crippen LogP contribution is 2.27. The van der Waals surface area contributed by atoms with Crippen LogP contribution in [0.4, 0.5) is 13.2 Å². The first-order valence-electron chi connectivity index (χ1n) is 3.07. The monoisotopic (exact) mass is 151 g/mol. The largest absolute Gasteiger partial charge is 0.412 e. The van der Waals surface area contributed by atoms with Gasteiger partial charge in [-0.3, -0.25) is 0 Å². The number of rotatable bonds is 2. The Labute approximate surface area is 58.7 Å². The van der Waals surface area contributed by atoms with Crippen LogP contribution in [-0.2, 0) is 0 Å². The summed E-state index contributed by atoms with van der Waals surface area (Å²) in [5.41, 5.74) is -0.484. The third kappa shape index (κ3) is 2.90. The molecular weight excluding hydrogens is 141 g/mol. The maximum Gasteiger partial charge on any atom is 0.412 e. The van der Waals surface area contributed by atoms with Gasteiger partial charge in [-0.25, -0.2) is 0 Å². The maximum atomic E-state index is 11.8. The van der Waals surface area contributed by atoms with Gasteiger partial charge in [-0.2, -0.15) is 13.2 Å². The summed E-state index contributed by atoms with van der Waals surface area (Å²) in [4.78, 5) is 0. The van der Waals surface area contributed by atoms with Crippen molar-refractivity contribution in [3.63, 3.8) is 0 Å². The first-order valence-corrected chi connectivity index (χ1v) is 3.07. The van der Waals surface area contributed by atoms with Crippen molar-refractivity contribution >= 4 is 0 Å². The summed E-state index contributed by atoms with van der Waals surface area (Å²) in [7, 11) is 0. The quantitative estimate of drug-likeness (QED) is 0.532. The lowest BCUT2D eigenvalue weighted by Gasteiger charge is -2.07. The third-order valence-corrected chi connectivity index (χ3v) is 1.14. The standard InChI is InChI=1S/C7H10F3/c1-3-5-6(4-2)7(8,9)10/h5H,1,3-4H2,2H3. The van der Waals surface area contributed by atoms with Crippen LogP contribution in [0.3, 0.4) is 0 Å². The second-order valence-electron chi connectivity index (χ2n) is 1.87. The van der Waals surface area contributed by atoms with Crippen molar-refractivity contribution in [2.45, 2.75) is 25.9 Å². The molecule has 0 aromatic heterocycles. The summed E-state index contributed by atoms with van der Waals surface area (Å²) < 4.78 is 35.4. The van der Waals surface area contributed by atoms with Crippen LogP contribution >= 0.6 is 0 Å². The Kier molecular flexibility index (Phi) is 3.47. The molecule has 0 aliphatic rings. The second kappa shape index (κ2) is 3.64. The van der Waals surface area contributed by atoms with Crippen molar-refractivity contribution in [2.75, 3.05) is 0 Å². The SMILES string of the molecule is [CH2]CC=C(CC)C(F)(F)F. The first-order chi connectivity index (χ1) is 4.52. The van der Waals surface area contributed by atoms with Crippen LogP contribution in [0.5, 0.6) is 0 Å². The van der Waals surface area contributed by atoms with Gasteiger partial charge in [-0.15, -0.1) is 0 Å². The molecule has 0 N–H and O–H groups in total. The van der Waals surface area contributed by atoms with Gasteiger partial charge in [0.1, 0.15) is 0 Å². The van der Waals surface area contributed by atoms with Gasteiger partial charge in [0.15, 0.2) is 0 Å². The van der Waals surface area contributed by atoms with Gasteiger partial charge in [0.2, 0.25) is 0 Å². The molecule has 0 saturated carbocycles. The lowest BCUT2D eigenvalue weighted by molar-refractivity contribution is -0.0937. The molecule has 0 spiro atoms. The van der Waals surface area contributed by atoms with Gasteiger partial charge in [-0.05, 0) is 19.8 Å². The first kappa shape index (κ1) is 9.53. The van der Waals surface area contributed by atoms with Gasteiger partial charge in [0.25, 0.3) is 0 Å². The lowest BCUT2D eigenvalue weighted by Crippen LogP contribution is -2.10. The smallest absolute Gasteiger partial charge is 0.166 e. The van der Waals surface area contributed by atoms with E-state index in [9.17, 15) is 13.2 Å². The minimum absolute atomic E-state index is 0.0268. The van der Waals surface area contributed by atoms with E-state index in [1.165, 1.54) is 6.92 Å². The molecule has 0 atom stereocenters. The van der Waals surface area contributed by atoms with E-state index < -0.39 is 11.7 Å². The van der Waals surface area contributed by atoms with E-state index in [2.05, 4.69) is 6.92 Å². The minimum Gasteiger partial charge on any atom is -0.166 e. The normalized spacial score (nSPS) is 13.9. The highest BCUT2D eigenvalue weighted by molar-refractivity contribution is 5.08. The molecule has 0 aliphatic heterocycles. The van der Waals surface area contributed by atoms with Crippen molar-refractivity contribution < 1.29 is 13.2 Å². The van der Waals surface area contributed by atoms with Crippen LogP contribution < -0.4 is 0 Å². The van der Waals surface area contributed by atoms with E-state index in [1.807, 2.05) is 0 Å². The van der Waals surface area contributed by atoms with E-state index >= 15 is 0 Å². The highest BCUT2D eigenvalue weighted by atomic mass is 19.4. The van der Waals surface area contributed by atoms with Gasteiger partial charge in [0, 0.05) is 5.57 Å². The molecule has 0 fully saturated rings. The Morgan fingerprint density at radius 1 is 1.50 bits per heavy atom. The number of allylic oxidation sites excluding steroid dienone is 2. The molecule has 0 heterocycles. The zero-order chi connectivity index (χ0) is 8.20. The predicted octanol–water partition coefficient (Wildman–Crippen LogP) is 3.11. The molecule has 0 nitrogen and oxygen atoms in total. The molecule has 3 heteroatoms. The molecule has 0 bridgehead atoms. The maximum absolute atomic E-state index is 11.8. The average molecular weight is 151 g/mol. The van der Waals surface area contributed by atoms with Crippen LogP contribution in [0.25, 0.3) is 0 Å². The molecule has 1 radical (unpaired) electrons. The fraction of sp³-hybridized carbons (Fsp3) is 0.571. The summed E-state index contributed by atoms with van der Waals surface area (Å²) in [5.74, 6) is 0. The fourth-order valence-corrected chi connectivity index (χ4v) is 0.635. The Morgan fingerprint density at radius 2 is 2.00 bits per heavy atom. The van der Waals surface area contributed by atoms with E-state index in [-0.39, 0.29) is 12.8 Å². The van der Waals surface area contributed by atoms with Crippen LogP contribution in [0.1, 0.15) is 19.8 Å². The molecule has 0 saturated heterocycles. The van der Waals surface area contributed by atoms with Crippen LogP contribution in [0.2, 0.25) is 0 Å².